The first-order valence-corrected chi connectivity index (χ1v) is 3.08. The van der Waals surface area contributed by atoms with Crippen LogP contribution in [0.2, 0.25) is 0 Å². The van der Waals surface area contributed by atoms with Gasteiger partial charge in [0.2, 0.25) is 0 Å². The fraction of sp³-hybridized carbons (Fsp3) is 0.667. The molecule has 0 saturated heterocycles. The van der Waals surface area contributed by atoms with Gasteiger partial charge in [0.05, 0.1) is 12.2 Å². The predicted octanol–water partition coefficient (Wildman–Crippen LogP) is 0.713. The molecule has 0 spiro atoms. The summed E-state index contributed by atoms with van der Waals surface area (Å²) in [7, 11) is 0. The second-order valence-electron chi connectivity index (χ2n) is 1.35. The molecule has 0 atom stereocenters. The van der Waals surface area contributed by atoms with Gasteiger partial charge in [0.15, 0.2) is 0 Å². The van der Waals surface area contributed by atoms with E-state index in [4.69, 9.17) is 0 Å². The zero-order chi connectivity index (χ0) is 5.98. The highest BCUT2D eigenvalue weighted by molar-refractivity contribution is 7.98. The van der Waals surface area contributed by atoms with Crippen molar-refractivity contribution in [3.8, 4) is 0 Å². The average molecular weight is 132 g/mol. The maximum absolute atomic E-state index is 9.86. The van der Waals surface area contributed by atoms with Crippen molar-refractivity contribution in [3.05, 3.63) is 10.1 Å². The zero-order valence-corrected chi connectivity index (χ0v) is 4.85. The third kappa shape index (κ3) is 0.975. The molecule has 1 aliphatic rings. The third-order valence-electron chi connectivity index (χ3n) is 0.798. The van der Waals surface area contributed by atoms with Crippen LogP contribution in [0.25, 0.3) is 0 Å². The van der Waals surface area contributed by atoms with Gasteiger partial charge < -0.3 is 10.1 Å². The Bertz CT molecular complexity index is 144. The van der Waals surface area contributed by atoms with Crippen molar-refractivity contribution in [1.82, 2.24) is 0 Å². The van der Waals surface area contributed by atoms with Crippen LogP contribution in [0.5, 0.6) is 0 Å². The van der Waals surface area contributed by atoms with Crippen LogP contribution in [0.1, 0.15) is 6.42 Å². The Labute approximate surface area is 50.3 Å². The van der Waals surface area contributed by atoms with E-state index < -0.39 is 4.92 Å². The van der Waals surface area contributed by atoms with Gasteiger partial charge in [-0.1, -0.05) is 0 Å². The van der Waals surface area contributed by atoms with Crippen molar-refractivity contribution in [2.45, 2.75) is 6.42 Å². The van der Waals surface area contributed by atoms with Gasteiger partial charge in [-0.2, -0.15) is 0 Å². The van der Waals surface area contributed by atoms with Gasteiger partial charge in [-0.25, -0.2) is 0 Å². The molecule has 0 aromatic rings. The summed E-state index contributed by atoms with van der Waals surface area (Å²) >= 11 is 1.26. The molecule has 0 radical (unpaired) electrons. The van der Waals surface area contributed by atoms with Crippen LogP contribution in [0.4, 0.5) is 0 Å². The minimum atomic E-state index is -0.431. The number of rotatable bonds is 0. The first-order chi connectivity index (χ1) is 3.80. The second kappa shape index (κ2) is 2.13. The number of nitrogens with zero attached hydrogens (tertiary/aromatic N) is 2. The molecular weight excluding hydrogens is 128 g/mol. The molecule has 8 heavy (non-hydrogen) atoms. The molecule has 1 rings (SSSR count). The first-order valence-electron chi connectivity index (χ1n) is 2.14. The summed E-state index contributed by atoms with van der Waals surface area (Å²) in [6.07, 6.45) is 0.512. The minimum absolute atomic E-state index is 0.106. The summed E-state index contributed by atoms with van der Waals surface area (Å²) in [5.74, 6) is 0.867. The number of amidine groups is 1. The molecule has 0 unspecified atom stereocenters. The minimum Gasteiger partial charge on any atom is -0.358 e. The summed E-state index contributed by atoms with van der Waals surface area (Å²) < 4.78 is 3.57. The third-order valence-corrected chi connectivity index (χ3v) is 1.52. The molecule has 44 valence electrons. The standard InChI is InChI=1S/C3H4N2O2S/c6-5(7)3-1-2-8-4-3/h1-2H2. The molecule has 1 heterocycles. The van der Waals surface area contributed by atoms with E-state index in [-0.39, 0.29) is 5.84 Å². The van der Waals surface area contributed by atoms with E-state index in [9.17, 15) is 10.1 Å². The monoisotopic (exact) mass is 132 g/mol. The van der Waals surface area contributed by atoms with Crippen LogP contribution in [0.15, 0.2) is 4.40 Å². The van der Waals surface area contributed by atoms with Crippen molar-refractivity contribution in [3.63, 3.8) is 0 Å². The Morgan fingerprint density at radius 1 is 1.88 bits per heavy atom. The molecule has 0 aromatic heterocycles. The van der Waals surface area contributed by atoms with Gasteiger partial charge in [-0.3, -0.25) is 0 Å². The summed E-state index contributed by atoms with van der Waals surface area (Å²) in [4.78, 5) is 9.43. The van der Waals surface area contributed by atoms with E-state index in [0.29, 0.717) is 6.42 Å². The number of hydrogen-bond acceptors (Lipinski definition) is 4. The molecule has 0 bridgehead atoms. The fourth-order valence-electron chi connectivity index (χ4n) is 0.427. The topological polar surface area (TPSA) is 55.5 Å². The molecule has 4 nitrogen and oxygen atoms in total. The van der Waals surface area contributed by atoms with Crippen LogP contribution < -0.4 is 0 Å². The molecule has 5 heteroatoms. The van der Waals surface area contributed by atoms with Crippen molar-refractivity contribution in [2.24, 2.45) is 4.40 Å². The van der Waals surface area contributed by atoms with Gasteiger partial charge in [0, 0.05) is 0 Å². The Morgan fingerprint density at radius 2 is 2.62 bits per heavy atom. The smallest absolute Gasteiger partial charge is 0.348 e. The Kier molecular flexibility index (Phi) is 1.48. The maximum Gasteiger partial charge on any atom is 0.348 e. The molecule has 0 N–H and O–H groups in total. The first kappa shape index (κ1) is 5.55. The fourth-order valence-corrected chi connectivity index (χ4v) is 1.10. The molecule has 0 saturated carbocycles. The SMILES string of the molecule is O=[N+]([O-])C1=NSCC1. The normalized spacial score (nSPS) is 18.2. The Hall–Kier alpha value is -0.580. The van der Waals surface area contributed by atoms with Crippen LogP contribution in [0, 0.1) is 10.1 Å². The van der Waals surface area contributed by atoms with E-state index in [1.54, 1.807) is 0 Å². The lowest BCUT2D eigenvalue weighted by Crippen LogP contribution is -2.07. The molecule has 0 fully saturated rings. The van der Waals surface area contributed by atoms with Gasteiger partial charge in [-0.15, -0.1) is 0 Å². The van der Waals surface area contributed by atoms with E-state index in [1.165, 1.54) is 11.9 Å². The second-order valence-corrected chi connectivity index (χ2v) is 2.20. The highest BCUT2D eigenvalue weighted by Gasteiger charge is 2.18. The number of hydrogen-bond donors (Lipinski definition) is 0. The summed E-state index contributed by atoms with van der Waals surface area (Å²) in [5, 5.41) is 9.86. The highest BCUT2D eigenvalue weighted by Crippen LogP contribution is 2.14. The zero-order valence-electron chi connectivity index (χ0n) is 4.03. The maximum atomic E-state index is 9.86. The van der Waals surface area contributed by atoms with E-state index in [1.807, 2.05) is 0 Å². The van der Waals surface area contributed by atoms with E-state index in [2.05, 4.69) is 4.40 Å². The average Bonchev–Trinajstić information content (AvgIpc) is 2.12. The van der Waals surface area contributed by atoms with Crippen molar-refractivity contribution >= 4 is 17.8 Å². The quantitative estimate of drug-likeness (QED) is 0.277. The summed E-state index contributed by atoms with van der Waals surface area (Å²) in [6, 6.07) is 0. The van der Waals surface area contributed by atoms with Crippen molar-refractivity contribution in [2.75, 3.05) is 5.75 Å². The largest absolute Gasteiger partial charge is 0.358 e. The summed E-state index contributed by atoms with van der Waals surface area (Å²) in [6.45, 7) is 0. The molecule has 0 aromatic carbocycles. The number of nitro groups is 1. The van der Waals surface area contributed by atoms with Crippen molar-refractivity contribution in [1.29, 1.82) is 0 Å². The predicted molar refractivity (Wildman–Crippen MR) is 31.5 cm³/mol. The van der Waals surface area contributed by atoms with Crippen LogP contribution in [-0.2, 0) is 0 Å². The lowest BCUT2D eigenvalue weighted by atomic mass is 10.5. The van der Waals surface area contributed by atoms with Gasteiger partial charge in [-0.05, 0) is 9.32 Å². The van der Waals surface area contributed by atoms with Crippen molar-refractivity contribution < 1.29 is 4.92 Å². The molecular formula is C3H4N2O2S. The van der Waals surface area contributed by atoms with Crippen LogP contribution in [-0.4, -0.2) is 16.5 Å². The lowest BCUT2D eigenvalue weighted by Gasteiger charge is -1.85. The van der Waals surface area contributed by atoms with Gasteiger partial charge >= 0.3 is 5.84 Å². The lowest BCUT2D eigenvalue weighted by molar-refractivity contribution is -0.352. The van der Waals surface area contributed by atoms with Gasteiger partial charge in [0.1, 0.15) is 11.9 Å². The van der Waals surface area contributed by atoms with E-state index >= 15 is 0 Å². The Morgan fingerprint density at radius 3 is 2.88 bits per heavy atom. The molecule has 1 aliphatic heterocycles. The van der Waals surface area contributed by atoms with E-state index in [0.717, 1.165) is 5.75 Å². The summed E-state index contributed by atoms with van der Waals surface area (Å²) in [5.41, 5.74) is 0. The Balaban J connectivity index is 2.57. The molecule has 0 amide bonds. The highest BCUT2D eigenvalue weighted by atomic mass is 32.2. The van der Waals surface area contributed by atoms with Crippen LogP contribution >= 0.6 is 11.9 Å². The van der Waals surface area contributed by atoms with Crippen LogP contribution in [0.3, 0.4) is 0 Å². The molecule has 0 aliphatic carbocycles. The van der Waals surface area contributed by atoms with Gasteiger partial charge in [0.25, 0.3) is 0 Å².